The zero-order valence-corrected chi connectivity index (χ0v) is 9.94. The van der Waals surface area contributed by atoms with E-state index >= 15 is 0 Å². The van der Waals surface area contributed by atoms with Gasteiger partial charge in [0.2, 0.25) is 0 Å². The largest absolute Gasteiger partial charge is 0.480 e. The number of likely N-dealkylation sites (N-methyl/N-ethyl adjacent to an activating group) is 1. The molecule has 0 bridgehead atoms. The average molecular weight is 217 g/mol. The van der Waals surface area contributed by atoms with Crippen LogP contribution in [-0.4, -0.2) is 67.2 Å². The maximum absolute atomic E-state index is 11.0. The molecule has 0 saturated carbocycles. The lowest BCUT2D eigenvalue weighted by molar-refractivity contribution is -0.143. The van der Waals surface area contributed by atoms with Crippen LogP contribution in [0.2, 0.25) is 0 Å². The van der Waals surface area contributed by atoms with Crippen LogP contribution in [-0.2, 0) is 4.79 Å². The minimum absolute atomic E-state index is 0.169. The van der Waals surface area contributed by atoms with Crippen molar-refractivity contribution in [1.29, 1.82) is 0 Å². The molecule has 5 heteroatoms. The second-order valence-electron chi connectivity index (χ2n) is 3.93. The zero-order chi connectivity index (χ0) is 11.8. The highest BCUT2D eigenvalue weighted by atomic mass is 16.4. The molecule has 0 aliphatic heterocycles. The number of carbonyl (C=O) groups is 1. The van der Waals surface area contributed by atoms with Gasteiger partial charge in [-0.15, -0.1) is 0 Å². The molecule has 5 nitrogen and oxygen atoms in total. The van der Waals surface area contributed by atoms with Gasteiger partial charge in [0, 0.05) is 19.6 Å². The second-order valence-corrected chi connectivity index (χ2v) is 3.93. The van der Waals surface area contributed by atoms with Crippen molar-refractivity contribution in [3.8, 4) is 0 Å². The van der Waals surface area contributed by atoms with Crippen molar-refractivity contribution in [2.24, 2.45) is 5.73 Å². The average Bonchev–Trinajstić information content (AvgIpc) is 2.14. The third-order valence-corrected chi connectivity index (χ3v) is 2.29. The first-order valence-electron chi connectivity index (χ1n) is 5.34. The number of hydrogen-bond donors (Lipinski definition) is 2. The van der Waals surface area contributed by atoms with E-state index in [1.54, 1.807) is 0 Å². The van der Waals surface area contributed by atoms with Crippen LogP contribution in [0.4, 0.5) is 0 Å². The fraction of sp³-hybridized carbons (Fsp3) is 0.900. The highest BCUT2D eigenvalue weighted by Gasteiger charge is 2.22. The van der Waals surface area contributed by atoms with Gasteiger partial charge in [-0.3, -0.25) is 9.69 Å². The van der Waals surface area contributed by atoms with E-state index in [1.165, 1.54) is 0 Å². The molecular formula is C10H23N3O2. The van der Waals surface area contributed by atoms with Gasteiger partial charge in [-0.2, -0.15) is 0 Å². The number of nitrogens with two attached hydrogens (primary N) is 1. The van der Waals surface area contributed by atoms with Crippen LogP contribution < -0.4 is 5.73 Å². The van der Waals surface area contributed by atoms with Crippen LogP contribution in [0.5, 0.6) is 0 Å². The van der Waals surface area contributed by atoms with Crippen molar-refractivity contribution >= 4 is 5.97 Å². The fourth-order valence-electron chi connectivity index (χ4n) is 1.45. The van der Waals surface area contributed by atoms with Crippen LogP contribution in [0.3, 0.4) is 0 Å². The van der Waals surface area contributed by atoms with Crippen LogP contribution >= 0.6 is 0 Å². The van der Waals surface area contributed by atoms with E-state index in [0.29, 0.717) is 0 Å². The molecular weight excluding hydrogens is 194 g/mol. The van der Waals surface area contributed by atoms with Crippen molar-refractivity contribution < 1.29 is 9.90 Å². The summed E-state index contributed by atoms with van der Waals surface area (Å²) in [7, 11) is 3.95. The number of nitrogens with zero attached hydrogens (tertiary/aromatic N) is 2. The van der Waals surface area contributed by atoms with Gasteiger partial charge in [-0.1, -0.05) is 6.92 Å². The predicted octanol–water partition coefficient (Wildman–Crippen LogP) is -0.328. The first-order chi connectivity index (χ1) is 7.02. The molecule has 0 amide bonds. The normalized spacial score (nSPS) is 13.5. The number of hydrogen-bond acceptors (Lipinski definition) is 4. The SMILES string of the molecule is CCCN(CCN(C)C)C(CN)C(=O)O. The van der Waals surface area contributed by atoms with Gasteiger partial charge in [-0.25, -0.2) is 0 Å². The number of aliphatic carboxylic acids is 1. The lowest BCUT2D eigenvalue weighted by Gasteiger charge is -2.28. The summed E-state index contributed by atoms with van der Waals surface area (Å²) in [6.45, 7) is 4.58. The van der Waals surface area contributed by atoms with Gasteiger partial charge in [0.1, 0.15) is 6.04 Å². The Morgan fingerprint density at radius 3 is 2.27 bits per heavy atom. The Labute approximate surface area is 91.8 Å². The van der Waals surface area contributed by atoms with Crippen LogP contribution in [0.15, 0.2) is 0 Å². The number of rotatable bonds is 8. The monoisotopic (exact) mass is 217 g/mol. The Hall–Kier alpha value is -0.650. The maximum atomic E-state index is 11.0. The molecule has 0 aromatic carbocycles. The molecule has 90 valence electrons. The Morgan fingerprint density at radius 1 is 1.33 bits per heavy atom. The Bertz CT molecular complexity index is 186. The molecule has 1 atom stereocenters. The topological polar surface area (TPSA) is 69.8 Å². The molecule has 0 saturated heterocycles. The lowest BCUT2D eigenvalue weighted by Crippen LogP contribution is -2.48. The van der Waals surface area contributed by atoms with Gasteiger partial charge >= 0.3 is 5.97 Å². The van der Waals surface area contributed by atoms with Crippen molar-refractivity contribution in [3.63, 3.8) is 0 Å². The Kier molecular flexibility index (Phi) is 7.29. The lowest BCUT2D eigenvalue weighted by atomic mass is 10.2. The molecule has 0 aromatic rings. The highest BCUT2D eigenvalue weighted by Crippen LogP contribution is 2.00. The summed E-state index contributed by atoms with van der Waals surface area (Å²) < 4.78 is 0. The summed E-state index contributed by atoms with van der Waals surface area (Å²) in [4.78, 5) is 14.9. The van der Waals surface area contributed by atoms with Crippen molar-refractivity contribution in [2.75, 3.05) is 40.3 Å². The first kappa shape index (κ1) is 14.3. The smallest absolute Gasteiger partial charge is 0.322 e. The third-order valence-electron chi connectivity index (χ3n) is 2.29. The van der Waals surface area contributed by atoms with E-state index in [4.69, 9.17) is 10.8 Å². The van der Waals surface area contributed by atoms with Crippen LogP contribution in [0.1, 0.15) is 13.3 Å². The first-order valence-corrected chi connectivity index (χ1v) is 5.34. The highest BCUT2D eigenvalue weighted by molar-refractivity contribution is 5.73. The minimum Gasteiger partial charge on any atom is -0.480 e. The summed E-state index contributed by atoms with van der Waals surface area (Å²) >= 11 is 0. The molecule has 0 rings (SSSR count). The molecule has 0 heterocycles. The van der Waals surface area contributed by atoms with E-state index in [-0.39, 0.29) is 6.54 Å². The van der Waals surface area contributed by atoms with Crippen molar-refractivity contribution in [1.82, 2.24) is 9.80 Å². The van der Waals surface area contributed by atoms with Gasteiger partial charge in [0.15, 0.2) is 0 Å². The van der Waals surface area contributed by atoms with E-state index in [1.807, 2.05) is 30.8 Å². The van der Waals surface area contributed by atoms with E-state index in [9.17, 15) is 4.79 Å². The summed E-state index contributed by atoms with van der Waals surface area (Å²) in [5.41, 5.74) is 5.48. The fourth-order valence-corrected chi connectivity index (χ4v) is 1.45. The molecule has 0 spiro atoms. The van der Waals surface area contributed by atoms with E-state index in [2.05, 4.69) is 0 Å². The van der Waals surface area contributed by atoms with E-state index < -0.39 is 12.0 Å². The molecule has 3 N–H and O–H groups in total. The molecule has 0 fully saturated rings. The standard InChI is InChI=1S/C10H23N3O2/c1-4-5-13(7-6-12(2)3)9(8-11)10(14)15/h9H,4-8,11H2,1-3H3,(H,14,15). The molecule has 0 aromatic heterocycles. The van der Waals surface area contributed by atoms with Gasteiger partial charge < -0.3 is 15.7 Å². The number of carboxylic acid groups (broad SMARTS) is 1. The van der Waals surface area contributed by atoms with Crippen LogP contribution in [0, 0.1) is 0 Å². The predicted molar refractivity (Wildman–Crippen MR) is 60.9 cm³/mol. The molecule has 0 aliphatic rings. The quantitative estimate of drug-likeness (QED) is 0.583. The Balaban J connectivity index is 4.27. The third kappa shape index (κ3) is 5.71. The molecule has 0 radical (unpaired) electrons. The summed E-state index contributed by atoms with van der Waals surface area (Å²) in [6.07, 6.45) is 0.942. The molecule has 15 heavy (non-hydrogen) atoms. The van der Waals surface area contributed by atoms with Gasteiger partial charge in [-0.05, 0) is 27.1 Å². The van der Waals surface area contributed by atoms with Gasteiger partial charge in [0.05, 0.1) is 0 Å². The van der Waals surface area contributed by atoms with E-state index in [0.717, 1.165) is 26.1 Å². The van der Waals surface area contributed by atoms with Crippen molar-refractivity contribution in [3.05, 3.63) is 0 Å². The summed E-state index contributed by atoms with van der Waals surface area (Å²) in [5.74, 6) is -0.829. The second kappa shape index (κ2) is 7.62. The summed E-state index contributed by atoms with van der Waals surface area (Å²) in [5, 5.41) is 9.00. The Morgan fingerprint density at radius 2 is 1.93 bits per heavy atom. The molecule has 1 unspecified atom stereocenters. The zero-order valence-electron chi connectivity index (χ0n) is 9.94. The summed E-state index contributed by atoms with van der Waals surface area (Å²) in [6, 6.07) is -0.551. The maximum Gasteiger partial charge on any atom is 0.322 e. The molecule has 0 aliphatic carbocycles. The van der Waals surface area contributed by atoms with Gasteiger partial charge in [0.25, 0.3) is 0 Å². The van der Waals surface area contributed by atoms with Crippen LogP contribution in [0.25, 0.3) is 0 Å². The minimum atomic E-state index is -0.829. The van der Waals surface area contributed by atoms with Crippen molar-refractivity contribution in [2.45, 2.75) is 19.4 Å². The number of carboxylic acids is 1.